The fraction of sp³-hybridized carbons (Fsp3) is 0.905. The maximum Gasteiger partial charge on any atom is 0.314 e. The van der Waals surface area contributed by atoms with E-state index in [1.54, 1.807) is 0 Å². The topological polar surface area (TPSA) is 34.1 Å². The Balaban J connectivity index is 1.59. The molecule has 0 spiro atoms. The molecule has 0 radical (unpaired) electrons. The van der Waals surface area contributed by atoms with Crippen LogP contribution < -0.4 is 0 Å². The SMILES string of the molecule is CCCCCCCCCCSCC[N+]1(C2CCCC2=O)CCCC1=O. The minimum atomic E-state index is -0.00118. The van der Waals surface area contributed by atoms with Gasteiger partial charge in [-0.1, -0.05) is 51.9 Å². The first kappa shape index (κ1) is 21.0. The molecule has 0 aromatic carbocycles. The van der Waals surface area contributed by atoms with Gasteiger partial charge in [0.05, 0.1) is 19.5 Å². The predicted molar refractivity (Wildman–Crippen MR) is 107 cm³/mol. The Morgan fingerprint density at radius 1 is 0.920 bits per heavy atom. The third-order valence-electron chi connectivity index (χ3n) is 6.09. The third-order valence-corrected chi connectivity index (χ3v) is 7.14. The fourth-order valence-corrected chi connectivity index (χ4v) is 5.64. The van der Waals surface area contributed by atoms with Crippen molar-refractivity contribution in [2.24, 2.45) is 0 Å². The highest BCUT2D eigenvalue weighted by atomic mass is 32.2. The summed E-state index contributed by atoms with van der Waals surface area (Å²) in [5, 5.41) is 0. The van der Waals surface area contributed by atoms with E-state index in [0.29, 0.717) is 29.0 Å². The summed E-state index contributed by atoms with van der Waals surface area (Å²) in [7, 11) is 0. The van der Waals surface area contributed by atoms with E-state index < -0.39 is 0 Å². The van der Waals surface area contributed by atoms with Gasteiger partial charge in [0, 0.05) is 25.0 Å². The molecule has 2 fully saturated rings. The molecule has 1 saturated heterocycles. The number of ketones is 1. The minimum Gasteiger partial charge on any atom is -0.293 e. The molecule has 1 amide bonds. The highest BCUT2D eigenvalue weighted by Gasteiger charge is 2.51. The van der Waals surface area contributed by atoms with Crippen LogP contribution in [0, 0.1) is 0 Å². The quantitative estimate of drug-likeness (QED) is 0.334. The number of rotatable bonds is 13. The average molecular weight is 369 g/mol. The number of likely N-dealkylation sites (tertiary alicyclic amines) is 1. The summed E-state index contributed by atoms with van der Waals surface area (Å²) in [6, 6.07) is -0.00118. The Bertz CT molecular complexity index is 426. The maximum absolute atomic E-state index is 12.6. The Morgan fingerprint density at radius 2 is 1.64 bits per heavy atom. The molecular formula is C21H38NO2S+. The summed E-state index contributed by atoms with van der Waals surface area (Å²) in [4.78, 5) is 24.8. The van der Waals surface area contributed by atoms with E-state index in [0.717, 1.165) is 38.1 Å². The molecule has 1 aliphatic carbocycles. The molecule has 2 atom stereocenters. The zero-order valence-corrected chi connectivity index (χ0v) is 17.1. The van der Waals surface area contributed by atoms with Crippen LogP contribution in [0.25, 0.3) is 0 Å². The number of thioether (sulfide) groups is 1. The number of hydrogen-bond donors (Lipinski definition) is 0. The Hall–Kier alpha value is -0.350. The second kappa shape index (κ2) is 11.4. The second-order valence-corrected chi connectivity index (χ2v) is 9.16. The van der Waals surface area contributed by atoms with Gasteiger partial charge in [0.15, 0.2) is 11.8 Å². The Labute approximate surface area is 158 Å². The van der Waals surface area contributed by atoms with Crippen molar-refractivity contribution in [3.8, 4) is 0 Å². The first-order valence-corrected chi connectivity index (χ1v) is 11.9. The zero-order valence-electron chi connectivity index (χ0n) is 16.3. The average Bonchev–Trinajstić information content (AvgIpc) is 3.19. The predicted octanol–water partition coefficient (Wildman–Crippen LogP) is 5.12. The normalized spacial score (nSPS) is 26.7. The van der Waals surface area contributed by atoms with Gasteiger partial charge in [0.1, 0.15) is 0 Å². The minimum absolute atomic E-state index is 0.00118. The lowest BCUT2D eigenvalue weighted by Crippen LogP contribution is -2.59. The molecule has 2 rings (SSSR count). The summed E-state index contributed by atoms with van der Waals surface area (Å²) >= 11 is 1.99. The molecule has 3 nitrogen and oxygen atoms in total. The number of carbonyl (C=O) groups excluding carboxylic acids is 2. The number of unbranched alkanes of at least 4 members (excludes halogenated alkanes) is 7. The summed E-state index contributed by atoms with van der Waals surface area (Å²) in [6.07, 6.45) is 15.2. The fourth-order valence-electron chi connectivity index (χ4n) is 4.57. The number of nitrogens with zero attached hydrogens (tertiary/aromatic N) is 1. The number of hydrogen-bond acceptors (Lipinski definition) is 3. The lowest BCUT2D eigenvalue weighted by molar-refractivity contribution is -0.859. The van der Waals surface area contributed by atoms with Crippen LogP contribution >= 0.6 is 11.8 Å². The van der Waals surface area contributed by atoms with Crippen molar-refractivity contribution in [1.82, 2.24) is 0 Å². The first-order valence-electron chi connectivity index (χ1n) is 10.7. The monoisotopic (exact) mass is 368 g/mol. The molecule has 0 N–H and O–H groups in total. The maximum atomic E-state index is 12.6. The summed E-state index contributed by atoms with van der Waals surface area (Å²) in [5.41, 5.74) is 0. The standard InChI is InChI=1S/C21H38NO2S/c1-2-3-4-5-6-7-8-9-17-25-18-16-22(15-11-14-21(22)24)19-12-10-13-20(19)23/h19H,2-18H2,1H3/q+1. The third kappa shape index (κ3) is 6.09. The van der Waals surface area contributed by atoms with Crippen molar-refractivity contribution in [3.63, 3.8) is 0 Å². The van der Waals surface area contributed by atoms with Gasteiger partial charge >= 0.3 is 5.91 Å². The van der Waals surface area contributed by atoms with E-state index in [2.05, 4.69) is 6.92 Å². The van der Waals surface area contributed by atoms with Crippen molar-refractivity contribution in [1.29, 1.82) is 0 Å². The van der Waals surface area contributed by atoms with Gasteiger partial charge in [-0.3, -0.25) is 9.28 Å². The molecule has 25 heavy (non-hydrogen) atoms. The van der Waals surface area contributed by atoms with Gasteiger partial charge in [-0.15, -0.1) is 0 Å². The molecule has 0 aromatic rings. The van der Waals surface area contributed by atoms with Crippen molar-refractivity contribution < 1.29 is 14.1 Å². The highest BCUT2D eigenvalue weighted by molar-refractivity contribution is 7.99. The van der Waals surface area contributed by atoms with Crippen LogP contribution in [0.15, 0.2) is 0 Å². The van der Waals surface area contributed by atoms with E-state index in [1.165, 1.54) is 57.1 Å². The lowest BCUT2D eigenvalue weighted by Gasteiger charge is -2.36. The molecule has 4 heteroatoms. The van der Waals surface area contributed by atoms with Crippen molar-refractivity contribution in [3.05, 3.63) is 0 Å². The molecule has 1 saturated carbocycles. The van der Waals surface area contributed by atoms with Gasteiger partial charge in [-0.2, -0.15) is 11.8 Å². The first-order chi connectivity index (χ1) is 12.2. The van der Waals surface area contributed by atoms with Gasteiger partial charge in [-0.25, -0.2) is 4.79 Å². The van der Waals surface area contributed by atoms with E-state index >= 15 is 0 Å². The molecule has 1 aliphatic heterocycles. The molecule has 144 valence electrons. The molecule has 0 bridgehead atoms. The van der Waals surface area contributed by atoms with Crippen LogP contribution in [0.3, 0.4) is 0 Å². The van der Waals surface area contributed by atoms with Crippen LogP contribution in [0.5, 0.6) is 0 Å². The summed E-state index contributed by atoms with van der Waals surface area (Å²) in [6.45, 7) is 4.06. The second-order valence-electron chi connectivity index (χ2n) is 7.94. The number of amides is 1. The lowest BCUT2D eigenvalue weighted by atomic mass is 10.1. The van der Waals surface area contributed by atoms with Gasteiger partial charge in [-0.05, 0) is 18.6 Å². The Kier molecular flexibility index (Phi) is 9.54. The van der Waals surface area contributed by atoms with Crippen LogP contribution in [0.4, 0.5) is 0 Å². The smallest absolute Gasteiger partial charge is 0.293 e. The van der Waals surface area contributed by atoms with E-state index in [9.17, 15) is 9.59 Å². The van der Waals surface area contributed by atoms with Gasteiger partial charge in [0.2, 0.25) is 0 Å². The molecule has 2 aliphatic rings. The summed E-state index contributed by atoms with van der Waals surface area (Å²) < 4.78 is 0.503. The van der Waals surface area contributed by atoms with Crippen molar-refractivity contribution in [2.75, 3.05) is 24.6 Å². The van der Waals surface area contributed by atoms with Gasteiger partial charge in [0.25, 0.3) is 0 Å². The van der Waals surface area contributed by atoms with Crippen LogP contribution in [0.2, 0.25) is 0 Å². The van der Waals surface area contributed by atoms with Gasteiger partial charge < -0.3 is 0 Å². The van der Waals surface area contributed by atoms with E-state index in [1.807, 2.05) is 11.8 Å². The number of carbonyl (C=O) groups is 2. The molecular weight excluding hydrogens is 330 g/mol. The Morgan fingerprint density at radius 3 is 2.24 bits per heavy atom. The van der Waals surface area contributed by atoms with Crippen LogP contribution in [-0.2, 0) is 9.59 Å². The zero-order chi connectivity index (χ0) is 18.0. The largest absolute Gasteiger partial charge is 0.314 e. The molecule has 2 unspecified atom stereocenters. The van der Waals surface area contributed by atoms with Crippen LogP contribution in [-0.4, -0.2) is 46.8 Å². The molecule has 0 aromatic heterocycles. The number of quaternary nitrogens is 1. The number of Topliss-reactive ketones (excluding diaryl/α,β-unsaturated/α-hetero) is 1. The van der Waals surface area contributed by atoms with Crippen molar-refractivity contribution in [2.45, 2.75) is 96.4 Å². The highest BCUT2D eigenvalue weighted by Crippen LogP contribution is 2.33. The molecule has 1 heterocycles. The van der Waals surface area contributed by atoms with E-state index in [4.69, 9.17) is 0 Å². The van der Waals surface area contributed by atoms with Crippen LogP contribution in [0.1, 0.15) is 90.4 Å². The summed E-state index contributed by atoms with van der Waals surface area (Å²) in [5.74, 6) is 2.93. The van der Waals surface area contributed by atoms with Crippen molar-refractivity contribution >= 4 is 23.5 Å². The van der Waals surface area contributed by atoms with E-state index in [-0.39, 0.29) is 6.04 Å².